The maximum absolute atomic E-state index is 2.36. The molecule has 0 fully saturated rings. The first kappa shape index (κ1) is 30.4. The molecule has 0 bridgehead atoms. The van der Waals surface area contributed by atoms with Gasteiger partial charge in [-0.2, -0.15) is 0 Å². The lowest BCUT2D eigenvalue weighted by atomic mass is 9.89. The van der Waals surface area contributed by atoms with Crippen LogP contribution in [0.3, 0.4) is 0 Å². The first-order valence-corrected chi connectivity index (χ1v) is 17.5. The lowest BCUT2D eigenvalue weighted by Gasteiger charge is -2.26. The minimum absolute atomic E-state index is 1.10. The SMILES string of the molecule is c1ccc(-c2ccc(N(c3ccc(-c4ccccc4)cc3)c3cccc(-c4cccc5cccc(-c6cccc7ccccc67)c45)c3)cc2)cc1. The number of anilines is 3. The molecular formula is C50H35N. The van der Waals surface area contributed by atoms with Crippen LogP contribution in [0, 0.1) is 0 Å². The summed E-state index contributed by atoms with van der Waals surface area (Å²) in [6, 6.07) is 76.6. The molecule has 0 aliphatic heterocycles. The average Bonchev–Trinajstić information content (AvgIpc) is 3.21. The van der Waals surface area contributed by atoms with Gasteiger partial charge >= 0.3 is 0 Å². The summed E-state index contributed by atoms with van der Waals surface area (Å²) in [5, 5.41) is 5.01. The van der Waals surface area contributed by atoms with Gasteiger partial charge in [-0.05, 0) is 102 Å². The number of hydrogen-bond acceptors (Lipinski definition) is 1. The fourth-order valence-corrected chi connectivity index (χ4v) is 7.39. The Kier molecular flexibility index (Phi) is 7.92. The maximum atomic E-state index is 2.36. The highest BCUT2D eigenvalue weighted by atomic mass is 15.1. The molecule has 9 aromatic carbocycles. The highest BCUT2D eigenvalue weighted by molar-refractivity contribution is 6.11. The molecule has 0 aromatic heterocycles. The molecule has 0 aliphatic carbocycles. The maximum Gasteiger partial charge on any atom is 0.0467 e. The fraction of sp³-hybridized carbons (Fsp3) is 0. The van der Waals surface area contributed by atoms with E-state index in [0.717, 1.165) is 17.1 Å². The predicted octanol–water partition coefficient (Wildman–Crippen LogP) is 14.1. The summed E-state index contributed by atoms with van der Waals surface area (Å²) < 4.78 is 0. The van der Waals surface area contributed by atoms with Crippen molar-refractivity contribution in [2.45, 2.75) is 0 Å². The Morgan fingerprint density at radius 1 is 0.255 bits per heavy atom. The lowest BCUT2D eigenvalue weighted by molar-refractivity contribution is 1.28. The summed E-state index contributed by atoms with van der Waals surface area (Å²) in [7, 11) is 0. The molecule has 51 heavy (non-hydrogen) atoms. The van der Waals surface area contributed by atoms with Gasteiger partial charge < -0.3 is 4.90 Å². The average molecular weight is 650 g/mol. The van der Waals surface area contributed by atoms with Gasteiger partial charge in [-0.1, -0.05) is 176 Å². The van der Waals surface area contributed by atoms with Crippen LogP contribution in [0.15, 0.2) is 212 Å². The van der Waals surface area contributed by atoms with Gasteiger partial charge in [0.2, 0.25) is 0 Å². The monoisotopic (exact) mass is 649 g/mol. The highest BCUT2D eigenvalue weighted by Gasteiger charge is 2.17. The van der Waals surface area contributed by atoms with Gasteiger partial charge in [0, 0.05) is 17.1 Å². The summed E-state index contributed by atoms with van der Waals surface area (Å²) in [6.07, 6.45) is 0. The smallest absolute Gasteiger partial charge is 0.0467 e. The zero-order valence-electron chi connectivity index (χ0n) is 28.2. The van der Waals surface area contributed by atoms with Crippen LogP contribution in [0.5, 0.6) is 0 Å². The van der Waals surface area contributed by atoms with E-state index in [-0.39, 0.29) is 0 Å². The molecule has 9 aromatic rings. The van der Waals surface area contributed by atoms with Crippen molar-refractivity contribution in [3.05, 3.63) is 212 Å². The van der Waals surface area contributed by atoms with E-state index in [1.807, 2.05) is 0 Å². The molecule has 1 heteroatoms. The molecule has 240 valence electrons. The van der Waals surface area contributed by atoms with Crippen molar-refractivity contribution in [3.63, 3.8) is 0 Å². The van der Waals surface area contributed by atoms with Crippen molar-refractivity contribution < 1.29 is 0 Å². The summed E-state index contributed by atoms with van der Waals surface area (Å²) >= 11 is 0. The number of benzene rings is 9. The van der Waals surface area contributed by atoms with Crippen molar-refractivity contribution in [1.29, 1.82) is 0 Å². The van der Waals surface area contributed by atoms with Crippen LogP contribution in [0.4, 0.5) is 17.1 Å². The molecule has 0 amide bonds. The second-order valence-corrected chi connectivity index (χ2v) is 12.9. The zero-order valence-corrected chi connectivity index (χ0v) is 28.2. The number of hydrogen-bond donors (Lipinski definition) is 0. The Balaban J connectivity index is 1.19. The molecule has 0 aliphatic rings. The van der Waals surface area contributed by atoms with Crippen LogP contribution in [0.25, 0.3) is 66.1 Å². The van der Waals surface area contributed by atoms with Crippen LogP contribution in [0.2, 0.25) is 0 Å². The van der Waals surface area contributed by atoms with Crippen LogP contribution in [-0.2, 0) is 0 Å². The van der Waals surface area contributed by atoms with Crippen molar-refractivity contribution in [2.24, 2.45) is 0 Å². The molecule has 0 atom stereocenters. The molecule has 0 saturated heterocycles. The van der Waals surface area contributed by atoms with Crippen molar-refractivity contribution >= 4 is 38.6 Å². The summed E-state index contributed by atoms with van der Waals surface area (Å²) in [5.41, 5.74) is 13.0. The van der Waals surface area contributed by atoms with Crippen molar-refractivity contribution in [2.75, 3.05) is 4.90 Å². The second-order valence-electron chi connectivity index (χ2n) is 12.9. The van der Waals surface area contributed by atoms with Crippen LogP contribution < -0.4 is 4.90 Å². The molecule has 9 rings (SSSR count). The summed E-state index contributed by atoms with van der Waals surface area (Å²) in [6.45, 7) is 0. The molecule has 0 heterocycles. The zero-order chi connectivity index (χ0) is 34.0. The summed E-state index contributed by atoms with van der Waals surface area (Å²) in [5.74, 6) is 0. The molecule has 1 nitrogen and oxygen atoms in total. The van der Waals surface area contributed by atoms with E-state index in [9.17, 15) is 0 Å². The van der Waals surface area contributed by atoms with E-state index in [4.69, 9.17) is 0 Å². The van der Waals surface area contributed by atoms with Gasteiger partial charge in [0.25, 0.3) is 0 Å². The number of fused-ring (bicyclic) bond motifs is 2. The Hall–Kier alpha value is -6.70. The molecule has 0 spiro atoms. The topological polar surface area (TPSA) is 3.24 Å². The second kappa shape index (κ2) is 13.3. The molecule has 0 N–H and O–H groups in total. The molecule has 0 unspecified atom stereocenters. The van der Waals surface area contributed by atoms with E-state index in [0.29, 0.717) is 0 Å². The highest BCUT2D eigenvalue weighted by Crippen LogP contribution is 2.42. The van der Waals surface area contributed by atoms with E-state index < -0.39 is 0 Å². The fourth-order valence-electron chi connectivity index (χ4n) is 7.39. The molecule has 0 saturated carbocycles. The predicted molar refractivity (Wildman–Crippen MR) is 218 cm³/mol. The van der Waals surface area contributed by atoms with E-state index >= 15 is 0 Å². The van der Waals surface area contributed by atoms with Crippen LogP contribution >= 0.6 is 0 Å². The van der Waals surface area contributed by atoms with Gasteiger partial charge in [-0.25, -0.2) is 0 Å². The van der Waals surface area contributed by atoms with E-state index in [1.165, 1.54) is 66.1 Å². The van der Waals surface area contributed by atoms with Gasteiger partial charge in [-0.15, -0.1) is 0 Å². The lowest BCUT2D eigenvalue weighted by Crippen LogP contribution is -2.10. The molecule has 0 radical (unpaired) electrons. The van der Waals surface area contributed by atoms with Gasteiger partial charge in [0.05, 0.1) is 0 Å². The van der Waals surface area contributed by atoms with Gasteiger partial charge in [-0.3, -0.25) is 0 Å². The largest absolute Gasteiger partial charge is 0.310 e. The van der Waals surface area contributed by atoms with Crippen LogP contribution in [-0.4, -0.2) is 0 Å². The normalized spacial score (nSPS) is 11.1. The standard InChI is InChI=1S/C50H35N/c1-3-13-36(14-4-1)38-27-31-43(32-28-38)51(44-33-29-39(30-34-44)37-15-5-2-6-16-37)45-22-9-21-42(35-45)47-24-11-19-41-20-12-26-49(50(41)47)48-25-10-18-40-17-7-8-23-46(40)48/h1-35H. The van der Waals surface area contributed by atoms with Gasteiger partial charge in [0.15, 0.2) is 0 Å². The quantitative estimate of drug-likeness (QED) is 0.166. The van der Waals surface area contributed by atoms with Crippen LogP contribution in [0.1, 0.15) is 0 Å². The Morgan fingerprint density at radius 3 is 1.33 bits per heavy atom. The molecular weight excluding hydrogens is 615 g/mol. The minimum atomic E-state index is 1.10. The van der Waals surface area contributed by atoms with Gasteiger partial charge in [0.1, 0.15) is 0 Å². The first-order chi connectivity index (χ1) is 25.3. The summed E-state index contributed by atoms with van der Waals surface area (Å²) in [4.78, 5) is 2.36. The van der Waals surface area contributed by atoms with Crippen molar-refractivity contribution in [3.8, 4) is 44.5 Å². The minimum Gasteiger partial charge on any atom is -0.310 e. The third-order valence-electron chi connectivity index (χ3n) is 9.87. The van der Waals surface area contributed by atoms with E-state index in [1.54, 1.807) is 0 Å². The Labute approximate surface area is 299 Å². The Morgan fingerprint density at radius 2 is 0.706 bits per heavy atom. The van der Waals surface area contributed by atoms with E-state index in [2.05, 4.69) is 217 Å². The third-order valence-corrected chi connectivity index (χ3v) is 9.87. The third kappa shape index (κ3) is 5.86. The number of rotatable bonds is 7. The first-order valence-electron chi connectivity index (χ1n) is 17.5. The Bertz CT molecular complexity index is 2510. The number of nitrogens with zero attached hydrogens (tertiary/aromatic N) is 1. The van der Waals surface area contributed by atoms with Crippen molar-refractivity contribution in [1.82, 2.24) is 0 Å².